The third kappa shape index (κ3) is 5.64. The molecule has 5 nitrogen and oxygen atoms in total. The van der Waals surface area contributed by atoms with E-state index in [-0.39, 0.29) is 30.0 Å². The van der Waals surface area contributed by atoms with Crippen LogP contribution in [-0.4, -0.2) is 44.1 Å². The second-order valence-electron chi connectivity index (χ2n) is 5.25. The highest BCUT2D eigenvalue weighted by Gasteiger charge is 2.24. The number of nitrogens with zero attached hydrogens (tertiary/aromatic N) is 2. The average molecular weight is 418 g/mol. The highest BCUT2D eigenvalue weighted by Crippen LogP contribution is 2.24. The SMILES string of the molecule is C=CCNC(=NC)NCC(c1ccco1)N1CCCCC1.I. The molecule has 1 unspecified atom stereocenters. The first-order valence-corrected chi connectivity index (χ1v) is 7.68. The normalized spacial score (nSPS) is 17.4. The minimum Gasteiger partial charge on any atom is -0.468 e. The van der Waals surface area contributed by atoms with E-state index in [1.54, 1.807) is 13.3 Å². The summed E-state index contributed by atoms with van der Waals surface area (Å²) < 4.78 is 5.64. The van der Waals surface area contributed by atoms with Gasteiger partial charge in [0.15, 0.2) is 5.96 Å². The Balaban J connectivity index is 0.00000242. The molecule has 1 aromatic heterocycles. The Hall–Kier alpha value is -1.02. The Bertz CT molecular complexity index is 441. The van der Waals surface area contributed by atoms with E-state index in [4.69, 9.17) is 4.42 Å². The number of piperidine rings is 1. The van der Waals surface area contributed by atoms with E-state index >= 15 is 0 Å². The zero-order chi connectivity index (χ0) is 14.9. The predicted molar refractivity (Wildman–Crippen MR) is 102 cm³/mol. The second-order valence-corrected chi connectivity index (χ2v) is 5.25. The maximum Gasteiger partial charge on any atom is 0.191 e. The molecule has 2 heterocycles. The number of furan rings is 1. The van der Waals surface area contributed by atoms with Crippen molar-refractivity contribution >= 4 is 29.9 Å². The number of aliphatic imine (C=N–C) groups is 1. The lowest BCUT2D eigenvalue weighted by Crippen LogP contribution is -2.44. The minimum absolute atomic E-state index is 0. The standard InChI is InChI=1S/C16H26N4O.HI/c1-3-9-18-16(17-2)19-13-14(15-8-7-12-21-15)20-10-5-4-6-11-20;/h3,7-8,12,14H,1,4-6,9-11,13H2,2H3,(H2,17,18,19);1H. The molecule has 1 fully saturated rings. The number of hydrogen-bond acceptors (Lipinski definition) is 3. The number of hydrogen-bond donors (Lipinski definition) is 2. The Morgan fingerprint density at radius 3 is 2.77 bits per heavy atom. The summed E-state index contributed by atoms with van der Waals surface area (Å²) >= 11 is 0. The Labute approximate surface area is 150 Å². The van der Waals surface area contributed by atoms with Crippen molar-refractivity contribution < 1.29 is 4.42 Å². The van der Waals surface area contributed by atoms with Gasteiger partial charge in [-0.25, -0.2) is 0 Å². The fourth-order valence-electron chi connectivity index (χ4n) is 2.70. The number of likely N-dealkylation sites (tertiary alicyclic amines) is 1. The molecule has 0 aliphatic carbocycles. The molecular formula is C16H27IN4O. The van der Waals surface area contributed by atoms with Gasteiger partial charge in [0, 0.05) is 20.1 Å². The number of rotatable bonds is 6. The van der Waals surface area contributed by atoms with Crippen LogP contribution in [0.25, 0.3) is 0 Å². The van der Waals surface area contributed by atoms with E-state index in [2.05, 4.69) is 33.2 Å². The van der Waals surface area contributed by atoms with Crippen LogP contribution in [0.1, 0.15) is 31.1 Å². The van der Waals surface area contributed by atoms with Crippen molar-refractivity contribution in [2.45, 2.75) is 25.3 Å². The van der Waals surface area contributed by atoms with Gasteiger partial charge in [-0.2, -0.15) is 0 Å². The smallest absolute Gasteiger partial charge is 0.191 e. The van der Waals surface area contributed by atoms with E-state index in [1.165, 1.54) is 19.3 Å². The molecule has 0 aromatic carbocycles. The quantitative estimate of drug-likeness (QED) is 0.323. The summed E-state index contributed by atoms with van der Waals surface area (Å²) in [5.74, 6) is 1.81. The van der Waals surface area contributed by atoms with Crippen LogP contribution in [-0.2, 0) is 0 Å². The largest absolute Gasteiger partial charge is 0.468 e. The summed E-state index contributed by atoms with van der Waals surface area (Å²) in [5.41, 5.74) is 0. The van der Waals surface area contributed by atoms with E-state index in [1.807, 2.05) is 12.1 Å². The molecule has 1 saturated heterocycles. The van der Waals surface area contributed by atoms with Crippen LogP contribution >= 0.6 is 24.0 Å². The lowest BCUT2D eigenvalue weighted by atomic mass is 10.1. The summed E-state index contributed by atoms with van der Waals surface area (Å²) in [6.45, 7) is 7.45. The third-order valence-electron chi connectivity index (χ3n) is 3.80. The van der Waals surface area contributed by atoms with Gasteiger partial charge in [0.25, 0.3) is 0 Å². The van der Waals surface area contributed by atoms with Crippen LogP contribution in [0.2, 0.25) is 0 Å². The molecule has 0 radical (unpaired) electrons. The van der Waals surface area contributed by atoms with Crippen molar-refractivity contribution in [3.63, 3.8) is 0 Å². The van der Waals surface area contributed by atoms with Gasteiger partial charge >= 0.3 is 0 Å². The van der Waals surface area contributed by atoms with Crippen LogP contribution in [0.5, 0.6) is 0 Å². The Kier molecular flexibility index (Phi) is 9.22. The van der Waals surface area contributed by atoms with Crippen molar-refractivity contribution in [2.24, 2.45) is 4.99 Å². The molecular weight excluding hydrogens is 391 g/mol. The van der Waals surface area contributed by atoms with Crippen molar-refractivity contribution in [1.29, 1.82) is 0 Å². The molecule has 22 heavy (non-hydrogen) atoms. The van der Waals surface area contributed by atoms with E-state index < -0.39 is 0 Å². The van der Waals surface area contributed by atoms with Gasteiger partial charge in [0.2, 0.25) is 0 Å². The number of nitrogens with one attached hydrogen (secondary N) is 2. The van der Waals surface area contributed by atoms with Gasteiger partial charge in [-0.3, -0.25) is 9.89 Å². The second kappa shape index (κ2) is 10.7. The van der Waals surface area contributed by atoms with Crippen molar-refractivity contribution in [3.8, 4) is 0 Å². The molecule has 124 valence electrons. The molecule has 6 heteroatoms. The number of guanidine groups is 1. The van der Waals surface area contributed by atoms with Gasteiger partial charge < -0.3 is 15.1 Å². The van der Waals surface area contributed by atoms with Crippen molar-refractivity contribution in [1.82, 2.24) is 15.5 Å². The van der Waals surface area contributed by atoms with Gasteiger partial charge in [-0.05, 0) is 38.1 Å². The maximum absolute atomic E-state index is 5.64. The summed E-state index contributed by atoms with van der Waals surface area (Å²) in [6, 6.07) is 4.26. The summed E-state index contributed by atoms with van der Waals surface area (Å²) in [5, 5.41) is 6.57. The molecule has 2 rings (SSSR count). The summed E-state index contributed by atoms with van der Waals surface area (Å²) in [7, 11) is 1.78. The van der Waals surface area contributed by atoms with Gasteiger partial charge in [-0.15, -0.1) is 30.6 Å². The molecule has 1 aromatic rings. The molecule has 0 spiro atoms. The van der Waals surface area contributed by atoms with E-state index in [0.717, 1.165) is 31.4 Å². The van der Waals surface area contributed by atoms with E-state index in [0.29, 0.717) is 6.54 Å². The van der Waals surface area contributed by atoms with Crippen LogP contribution in [0.4, 0.5) is 0 Å². The first kappa shape index (κ1) is 19.0. The lowest BCUT2D eigenvalue weighted by molar-refractivity contribution is 0.146. The summed E-state index contributed by atoms with van der Waals surface area (Å²) in [6.07, 6.45) is 7.43. The average Bonchev–Trinajstić information content (AvgIpc) is 3.06. The highest BCUT2D eigenvalue weighted by molar-refractivity contribution is 14.0. The molecule has 1 aliphatic rings. The van der Waals surface area contributed by atoms with Crippen LogP contribution in [0.3, 0.4) is 0 Å². The minimum atomic E-state index is 0. The maximum atomic E-state index is 5.64. The first-order valence-electron chi connectivity index (χ1n) is 7.68. The molecule has 1 aliphatic heterocycles. The fraction of sp³-hybridized carbons (Fsp3) is 0.562. The molecule has 0 bridgehead atoms. The van der Waals surface area contributed by atoms with Crippen LogP contribution in [0.15, 0.2) is 40.5 Å². The fourth-order valence-corrected chi connectivity index (χ4v) is 2.70. The Morgan fingerprint density at radius 1 is 1.41 bits per heavy atom. The summed E-state index contributed by atoms with van der Waals surface area (Å²) in [4.78, 5) is 6.72. The van der Waals surface area contributed by atoms with Gasteiger partial charge in [0.1, 0.15) is 5.76 Å². The monoisotopic (exact) mass is 418 g/mol. The van der Waals surface area contributed by atoms with Crippen LogP contribution < -0.4 is 10.6 Å². The predicted octanol–water partition coefficient (Wildman–Crippen LogP) is 2.78. The topological polar surface area (TPSA) is 52.8 Å². The molecule has 1 atom stereocenters. The van der Waals surface area contributed by atoms with Crippen molar-refractivity contribution in [2.75, 3.05) is 33.2 Å². The zero-order valence-corrected chi connectivity index (χ0v) is 15.6. The van der Waals surface area contributed by atoms with Gasteiger partial charge in [0.05, 0.1) is 12.3 Å². The van der Waals surface area contributed by atoms with Crippen molar-refractivity contribution in [3.05, 3.63) is 36.8 Å². The van der Waals surface area contributed by atoms with Crippen LogP contribution in [0, 0.1) is 0 Å². The third-order valence-corrected chi connectivity index (χ3v) is 3.80. The lowest BCUT2D eigenvalue weighted by Gasteiger charge is -2.33. The molecule has 2 N–H and O–H groups in total. The molecule has 0 amide bonds. The zero-order valence-electron chi connectivity index (χ0n) is 13.3. The highest BCUT2D eigenvalue weighted by atomic mass is 127. The van der Waals surface area contributed by atoms with E-state index in [9.17, 15) is 0 Å². The first-order chi connectivity index (χ1) is 10.3. The molecule has 0 saturated carbocycles. The van der Waals surface area contributed by atoms with Gasteiger partial charge in [-0.1, -0.05) is 12.5 Å². The number of halogens is 1. The Morgan fingerprint density at radius 2 is 2.18 bits per heavy atom.